The standard InChI is InChI=1S/C16H23NO2/c1-5-16(8-9-17-10-16)15(18)13-7-6-11(2)12(3)14(13)19-4/h6-7,17H,5,8-10H2,1-4H3. The maximum atomic E-state index is 12.9. The summed E-state index contributed by atoms with van der Waals surface area (Å²) >= 11 is 0. The van der Waals surface area contributed by atoms with Crippen molar-refractivity contribution in [3.8, 4) is 5.75 Å². The lowest BCUT2D eigenvalue weighted by Gasteiger charge is -2.26. The van der Waals surface area contributed by atoms with Crippen molar-refractivity contribution < 1.29 is 9.53 Å². The van der Waals surface area contributed by atoms with Gasteiger partial charge < -0.3 is 10.1 Å². The molecule has 1 aliphatic rings. The highest BCUT2D eigenvalue weighted by Gasteiger charge is 2.41. The first-order valence-electron chi connectivity index (χ1n) is 6.95. The fourth-order valence-electron chi connectivity index (χ4n) is 2.92. The van der Waals surface area contributed by atoms with Gasteiger partial charge in [-0.3, -0.25) is 4.79 Å². The lowest BCUT2D eigenvalue weighted by Crippen LogP contribution is -2.33. The number of hydrogen-bond donors (Lipinski definition) is 1. The number of benzene rings is 1. The summed E-state index contributed by atoms with van der Waals surface area (Å²) in [5.74, 6) is 0.963. The molecule has 0 radical (unpaired) electrons. The van der Waals surface area contributed by atoms with Gasteiger partial charge in [0.2, 0.25) is 0 Å². The van der Waals surface area contributed by atoms with Crippen LogP contribution in [0.25, 0.3) is 0 Å². The van der Waals surface area contributed by atoms with Gasteiger partial charge in [0.05, 0.1) is 12.7 Å². The van der Waals surface area contributed by atoms with Crippen molar-refractivity contribution in [2.24, 2.45) is 5.41 Å². The number of ketones is 1. The van der Waals surface area contributed by atoms with Crippen LogP contribution in [0.5, 0.6) is 5.75 Å². The number of methoxy groups -OCH3 is 1. The molecule has 1 aromatic carbocycles. The van der Waals surface area contributed by atoms with Crippen LogP contribution in [0, 0.1) is 19.3 Å². The van der Waals surface area contributed by atoms with E-state index in [1.165, 1.54) is 0 Å². The number of Topliss-reactive ketones (excluding diaryl/α,β-unsaturated/α-hetero) is 1. The van der Waals surface area contributed by atoms with E-state index in [4.69, 9.17) is 4.74 Å². The van der Waals surface area contributed by atoms with Crippen LogP contribution >= 0.6 is 0 Å². The van der Waals surface area contributed by atoms with E-state index in [9.17, 15) is 4.79 Å². The minimum atomic E-state index is -0.255. The molecule has 1 aromatic rings. The molecule has 1 heterocycles. The predicted octanol–water partition coefficient (Wildman–Crippen LogP) is 2.88. The minimum Gasteiger partial charge on any atom is -0.496 e. The molecule has 1 aliphatic heterocycles. The summed E-state index contributed by atoms with van der Waals surface area (Å²) < 4.78 is 5.49. The van der Waals surface area contributed by atoms with Crippen molar-refractivity contribution >= 4 is 5.78 Å². The number of hydrogen-bond acceptors (Lipinski definition) is 3. The van der Waals surface area contributed by atoms with Crippen molar-refractivity contribution in [1.82, 2.24) is 5.32 Å². The molecular formula is C16H23NO2. The van der Waals surface area contributed by atoms with Gasteiger partial charge in [-0.2, -0.15) is 0 Å². The van der Waals surface area contributed by atoms with E-state index in [0.717, 1.165) is 48.4 Å². The Morgan fingerprint density at radius 3 is 2.68 bits per heavy atom. The highest BCUT2D eigenvalue weighted by Crippen LogP contribution is 2.37. The van der Waals surface area contributed by atoms with Gasteiger partial charge in [-0.1, -0.05) is 13.0 Å². The highest BCUT2D eigenvalue weighted by atomic mass is 16.5. The van der Waals surface area contributed by atoms with Gasteiger partial charge in [-0.25, -0.2) is 0 Å². The van der Waals surface area contributed by atoms with E-state index >= 15 is 0 Å². The van der Waals surface area contributed by atoms with Gasteiger partial charge in [-0.05, 0) is 50.4 Å². The van der Waals surface area contributed by atoms with Crippen LogP contribution in [-0.4, -0.2) is 26.0 Å². The number of aryl methyl sites for hydroxylation is 1. The monoisotopic (exact) mass is 261 g/mol. The molecule has 104 valence electrons. The van der Waals surface area contributed by atoms with Crippen LogP contribution in [0.15, 0.2) is 12.1 Å². The molecule has 0 aromatic heterocycles. The van der Waals surface area contributed by atoms with Crippen LogP contribution in [0.2, 0.25) is 0 Å². The van der Waals surface area contributed by atoms with Crippen LogP contribution in [0.1, 0.15) is 41.3 Å². The summed E-state index contributed by atoms with van der Waals surface area (Å²) in [5.41, 5.74) is 2.69. The highest BCUT2D eigenvalue weighted by molar-refractivity contribution is 6.03. The van der Waals surface area contributed by atoms with E-state index in [2.05, 4.69) is 12.2 Å². The maximum Gasteiger partial charge on any atom is 0.174 e. The summed E-state index contributed by atoms with van der Waals surface area (Å²) in [7, 11) is 1.64. The Bertz CT molecular complexity index is 488. The molecule has 2 rings (SSSR count). The van der Waals surface area contributed by atoms with Gasteiger partial charge >= 0.3 is 0 Å². The van der Waals surface area contributed by atoms with E-state index in [0.29, 0.717) is 0 Å². The molecule has 1 saturated heterocycles. The molecule has 0 amide bonds. The van der Waals surface area contributed by atoms with Crippen molar-refractivity contribution in [3.05, 3.63) is 28.8 Å². The molecule has 1 atom stereocenters. The fourth-order valence-corrected chi connectivity index (χ4v) is 2.92. The van der Waals surface area contributed by atoms with E-state index in [1.54, 1.807) is 7.11 Å². The Hall–Kier alpha value is -1.35. The summed E-state index contributed by atoms with van der Waals surface area (Å²) in [6, 6.07) is 3.93. The largest absolute Gasteiger partial charge is 0.496 e. The number of carbonyl (C=O) groups is 1. The zero-order chi connectivity index (χ0) is 14.0. The lowest BCUT2D eigenvalue weighted by atomic mass is 9.76. The lowest BCUT2D eigenvalue weighted by molar-refractivity contribution is 0.0807. The van der Waals surface area contributed by atoms with Crippen LogP contribution in [-0.2, 0) is 0 Å². The van der Waals surface area contributed by atoms with E-state index in [-0.39, 0.29) is 11.2 Å². The molecule has 3 heteroatoms. The Morgan fingerprint density at radius 1 is 1.42 bits per heavy atom. The molecule has 1 unspecified atom stereocenters. The quantitative estimate of drug-likeness (QED) is 0.847. The molecule has 3 nitrogen and oxygen atoms in total. The number of rotatable bonds is 4. The summed E-state index contributed by atoms with van der Waals surface area (Å²) in [4.78, 5) is 12.9. The molecular weight excluding hydrogens is 238 g/mol. The second kappa shape index (κ2) is 5.33. The summed E-state index contributed by atoms with van der Waals surface area (Å²) in [6.45, 7) is 7.85. The summed E-state index contributed by atoms with van der Waals surface area (Å²) in [6.07, 6.45) is 1.79. The smallest absolute Gasteiger partial charge is 0.174 e. The van der Waals surface area contributed by atoms with Crippen molar-refractivity contribution in [2.45, 2.75) is 33.6 Å². The number of nitrogens with one attached hydrogen (secondary N) is 1. The first kappa shape index (κ1) is 14.1. The molecule has 0 saturated carbocycles. The van der Waals surface area contributed by atoms with Gasteiger partial charge in [0.15, 0.2) is 5.78 Å². The molecule has 0 bridgehead atoms. The van der Waals surface area contributed by atoms with Crippen LogP contribution in [0.3, 0.4) is 0 Å². The van der Waals surface area contributed by atoms with Crippen molar-refractivity contribution in [3.63, 3.8) is 0 Å². The van der Waals surface area contributed by atoms with Gasteiger partial charge in [0.1, 0.15) is 5.75 Å². The first-order chi connectivity index (χ1) is 9.05. The minimum absolute atomic E-state index is 0.222. The van der Waals surface area contributed by atoms with Crippen LogP contribution in [0.4, 0.5) is 0 Å². The second-order valence-corrected chi connectivity index (χ2v) is 5.48. The predicted molar refractivity (Wildman–Crippen MR) is 77.0 cm³/mol. The third-order valence-electron chi connectivity index (χ3n) is 4.53. The maximum absolute atomic E-state index is 12.9. The third kappa shape index (κ3) is 2.27. The molecule has 1 N–H and O–H groups in total. The Labute approximate surface area is 115 Å². The molecule has 0 aliphatic carbocycles. The van der Waals surface area contributed by atoms with Gasteiger partial charge in [0, 0.05) is 12.0 Å². The average Bonchev–Trinajstić information content (AvgIpc) is 2.91. The SMILES string of the molecule is CCC1(C(=O)c2ccc(C)c(C)c2OC)CCNC1. The number of ether oxygens (including phenoxy) is 1. The van der Waals surface area contributed by atoms with E-state index < -0.39 is 0 Å². The topological polar surface area (TPSA) is 38.3 Å². The zero-order valence-corrected chi connectivity index (χ0v) is 12.3. The average molecular weight is 261 g/mol. The Morgan fingerprint density at radius 2 is 2.16 bits per heavy atom. The third-order valence-corrected chi connectivity index (χ3v) is 4.53. The van der Waals surface area contributed by atoms with Gasteiger partial charge in [0.25, 0.3) is 0 Å². The number of carbonyl (C=O) groups excluding carboxylic acids is 1. The normalized spacial score (nSPS) is 22.5. The molecule has 19 heavy (non-hydrogen) atoms. The van der Waals surface area contributed by atoms with Gasteiger partial charge in [-0.15, -0.1) is 0 Å². The Kier molecular flexibility index (Phi) is 3.95. The summed E-state index contributed by atoms with van der Waals surface area (Å²) in [5, 5.41) is 3.32. The molecule has 0 spiro atoms. The second-order valence-electron chi connectivity index (χ2n) is 5.48. The van der Waals surface area contributed by atoms with Crippen molar-refractivity contribution in [2.75, 3.05) is 20.2 Å². The zero-order valence-electron chi connectivity index (χ0n) is 12.3. The van der Waals surface area contributed by atoms with Crippen LogP contribution < -0.4 is 10.1 Å². The first-order valence-corrected chi connectivity index (χ1v) is 6.95. The molecule has 1 fully saturated rings. The van der Waals surface area contributed by atoms with Crippen molar-refractivity contribution in [1.29, 1.82) is 0 Å². The van der Waals surface area contributed by atoms with E-state index in [1.807, 2.05) is 26.0 Å². The Balaban J connectivity index is 2.47. The fraction of sp³-hybridized carbons (Fsp3) is 0.562.